The van der Waals surface area contributed by atoms with Crippen LogP contribution in [-0.2, 0) is 11.2 Å². The smallest absolute Gasteiger partial charge is 0.0931 e. The lowest BCUT2D eigenvalue weighted by molar-refractivity contribution is 0.0409. The van der Waals surface area contributed by atoms with Gasteiger partial charge in [0, 0.05) is 24.5 Å². The van der Waals surface area contributed by atoms with Crippen molar-refractivity contribution in [3.63, 3.8) is 0 Å². The molecule has 0 unspecified atom stereocenters. The van der Waals surface area contributed by atoms with Crippen LogP contribution in [-0.4, -0.2) is 13.2 Å². The van der Waals surface area contributed by atoms with E-state index in [4.69, 9.17) is 16.3 Å². The fourth-order valence-electron chi connectivity index (χ4n) is 1.87. The predicted molar refractivity (Wildman–Crippen MR) is 61.1 cm³/mol. The molecular formula is C11H12ClNOS. The molecule has 0 spiro atoms. The van der Waals surface area contributed by atoms with E-state index in [0.717, 1.165) is 23.6 Å². The molecule has 80 valence electrons. The lowest BCUT2D eigenvalue weighted by Crippen LogP contribution is -2.29. The Morgan fingerprint density at radius 3 is 2.73 bits per heavy atom. The zero-order chi connectivity index (χ0) is 10.7. The molecule has 1 aromatic rings. The molecule has 0 N–H and O–H groups in total. The number of nitrogens with zero attached hydrogens (tertiary/aromatic N) is 1. The number of halogens is 1. The first kappa shape index (κ1) is 10.9. The Balaban J connectivity index is 2.11. The Morgan fingerprint density at radius 2 is 2.20 bits per heavy atom. The van der Waals surface area contributed by atoms with Gasteiger partial charge in [0.05, 0.1) is 15.8 Å². The standard InChI is InChI=1S/C11H12ClNOS/c12-10-2-1-9(15-10)7-11(8-13)3-5-14-6-4-11/h1-2H,3-7H2. The third kappa shape index (κ3) is 2.52. The Kier molecular flexibility index (Phi) is 3.30. The summed E-state index contributed by atoms with van der Waals surface area (Å²) in [6.45, 7) is 1.40. The topological polar surface area (TPSA) is 33.0 Å². The largest absolute Gasteiger partial charge is 0.381 e. The number of nitriles is 1. The van der Waals surface area contributed by atoms with E-state index in [9.17, 15) is 5.26 Å². The molecule has 15 heavy (non-hydrogen) atoms. The van der Waals surface area contributed by atoms with Crippen LogP contribution in [0.15, 0.2) is 12.1 Å². The van der Waals surface area contributed by atoms with E-state index in [1.807, 2.05) is 12.1 Å². The average Bonchev–Trinajstić information content (AvgIpc) is 2.65. The van der Waals surface area contributed by atoms with Crippen molar-refractivity contribution in [1.29, 1.82) is 5.26 Å². The Labute approximate surface area is 98.4 Å². The fraction of sp³-hybridized carbons (Fsp3) is 0.545. The van der Waals surface area contributed by atoms with Crippen LogP contribution in [0, 0.1) is 16.7 Å². The number of hydrogen-bond acceptors (Lipinski definition) is 3. The summed E-state index contributed by atoms with van der Waals surface area (Å²) in [5.41, 5.74) is -0.230. The maximum absolute atomic E-state index is 9.28. The van der Waals surface area contributed by atoms with Gasteiger partial charge in [0.25, 0.3) is 0 Å². The van der Waals surface area contributed by atoms with Gasteiger partial charge in [-0.2, -0.15) is 5.26 Å². The van der Waals surface area contributed by atoms with Crippen molar-refractivity contribution in [3.05, 3.63) is 21.3 Å². The van der Waals surface area contributed by atoms with Crippen molar-refractivity contribution in [2.75, 3.05) is 13.2 Å². The predicted octanol–water partition coefficient (Wildman–Crippen LogP) is 3.26. The van der Waals surface area contributed by atoms with Crippen LogP contribution in [0.5, 0.6) is 0 Å². The summed E-state index contributed by atoms with van der Waals surface area (Å²) in [5.74, 6) is 0. The first-order valence-corrected chi connectivity index (χ1v) is 6.17. The molecule has 0 saturated carbocycles. The minimum absolute atomic E-state index is 0.230. The molecule has 2 rings (SSSR count). The molecule has 0 amide bonds. The summed E-state index contributed by atoms with van der Waals surface area (Å²) in [5, 5.41) is 9.28. The lowest BCUT2D eigenvalue weighted by Gasteiger charge is -2.30. The maximum Gasteiger partial charge on any atom is 0.0931 e. The van der Waals surface area contributed by atoms with Gasteiger partial charge in [0.15, 0.2) is 0 Å². The first-order chi connectivity index (χ1) is 7.24. The molecule has 0 bridgehead atoms. The third-order valence-electron chi connectivity index (χ3n) is 2.83. The van der Waals surface area contributed by atoms with Gasteiger partial charge in [0.1, 0.15) is 0 Å². The van der Waals surface area contributed by atoms with Gasteiger partial charge in [0.2, 0.25) is 0 Å². The van der Waals surface area contributed by atoms with E-state index >= 15 is 0 Å². The lowest BCUT2D eigenvalue weighted by atomic mass is 9.78. The monoisotopic (exact) mass is 241 g/mol. The van der Waals surface area contributed by atoms with Crippen molar-refractivity contribution < 1.29 is 4.74 Å². The quantitative estimate of drug-likeness (QED) is 0.796. The molecule has 4 heteroatoms. The second-order valence-electron chi connectivity index (χ2n) is 3.89. The summed E-state index contributed by atoms with van der Waals surface area (Å²) < 4.78 is 6.09. The Bertz CT molecular complexity index is 376. The minimum Gasteiger partial charge on any atom is -0.381 e. The van der Waals surface area contributed by atoms with Gasteiger partial charge in [-0.1, -0.05) is 11.6 Å². The molecular weight excluding hydrogens is 230 g/mol. The summed E-state index contributed by atoms with van der Waals surface area (Å²) in [7, 11) is 0. The second kappa shape index (κ2) is 4.52. The van der Waals surface area contributed by atoms with Crippen molar-refractivity contribution in [2.24, 2.45) is 5.41 Å². The Morgan fingerprint density at radius 1 is 1.47 bits per heavy atom. The molecule has 1 aromatic heterocycles. The molecule has 2 heterocycles. The van der Waals surface area contributed by atoms with Gasteiger partial charge < -0.3 is 4.74 Å². The molecule has 1 aliphatic heterocycles. The van der Waals surface area contributed by atoms with E-state index in [-0.39, 0.29) is 5.41 Å². The molecule has 1 fully saturated rings. The number of thiophene rings is 1. The van der Waals surface area contributed by atoms with E-state index in [2.05, 4.69) is 6.07 Å². The highest BCUT2D eigenvalue weighted by molar-refractivity contribution is 7.16. The van der Waals surface area contributed by atoms with E-state index in [1.165, 1.54) is 4.88 Å². The maximum atomic E-state index is 9.28. The van der Waals surface area contributed by atoms with Crippen molar-refractivity contribution in [1.82, 2.24) is 0 Å². The number of ether oxygens (including phenoxy) is 1. The summed E-state index contributed by atoms with van der Waals surface area (Å²) in [4.78, 5) is 1.20. The van der Waals surface area contributed by atoms with Crippen molar-refractivity contribution >= 4 is 22.9 Å². The summed E-state index contributed by atoms with van der Waals surface area (Å²) in [6, 6.07) is 6.37. The highest BCUT2D eigenvalue weighted by Gasteiger charge is 2.33. The van der Waals surface area contributed by atoms with E-state index < -0.39 is 0 Å². The SMILES string of the molecule is N#CC1(Cc2ccc(Cl)s2)CCOCC1. The van der Waals surface area contributed by atoms with Gasteiger partial charge in [-0.15, -0.1) is 11.3 Å². The molecule has 1 aliphatic rings. The van der Waals surface area contributed by atoms with Crippen LogP contribution in [0.4, 0.5) is 0 Å². The van der Waals surface area contributed by atoms with Crippen LogP contribution >= 0.6 is 22.9 Å². The van der Waals surface area contributed by atoms with E-state index in [0.29, 0.717) is 13.2 Å². The van der Waals surface area contributed by atoms with Crippen LogP contribution in [0.2, 0.25) is 4.34 Å². The van der Waals surface area contributed by atoms with Crippen LogP contribution in [0.1, 0.15) is 17.7 Å². The van der Waals surface area contributed by atoms with Gasteiger partial charge in [-0.3, -0.25) is 0 Å². The molecule has 2 nitrogen and oxygen atoms in total. The first-order valence-electron chi connectivity index (χ1n) is 4.97. The van der Waals surface area contributed by atoms with Gasteiger partial charge in [-0.25, -0.2) is 0 Å². The molecule has 1 saturated heterocycles. The normalized spacial score (nSPS) is 19.7. The Hall–Kier alpha value is -0.560. The molecule has 0 aromatic carbocycles. The summed E-state index contributed by atoms with van der Waals surface area (Å²) >= 11 is 7.45. The number of hydrogen-bond donors (Lipinski definition) is 0. The molecule has 0 aliphatic carbocycles. The third-order valence-corrected chi connectivity index (χ3v) is 4.06. The highest BCUT2D eigenvalue weighted by Crippen LogP contribution is 2.36. The zero-order valence-electron chi connectivity index (χ0n) is 8.33. The zero-order valence-corrected chi connectivity index (χ0v) is 9.90. The summed E-state index contributed by atoms with van der Waals surface area (Å²) in [6.07, 6.45) is 2.47. The fourth-order valence-corrected chi connectivity index (χ4v) is 3.10. The van der Waals surface area contributed by atoms with Crippen LogP contribution in [0.25, 0.3) is 0 Å². The van der Waals surface area contributed by atoms with Crippen LogP contribution in [0.3, 0.4) is 0 Å². The van der Waals surface area contributed by atoms with Crippen LogP contribution < -0.4 is 0 Å². The van der Waals surface area contributed by atoms with Crippen molar-refractivity contribution in [3.8, 4) is 6.07 Å². The van der Waals surface area contributed by atoms with E-state index in [1.54, 1.807) is 11.3 Å². The van der Waals surface area contributed by atoms with Crippen molar-refractivity contribution in [2.45, 2.75) is 19.3 Å². The molecule has 0 atom stereocenters. The molecule has 0 radical (unpaired) electrons. The average molecular weight is 242 g/mol. The van der Waals surface area contributed by atoms with Gasteiger partial charge in [-0.05, 0) is 25.0 Å². The second-order valence-corrected chi connectivity index (χ2v) is 5.69. The number of rotatable bonds is 2. The highest BCUT2D eigenvalue weighted by atomic mass is 35.5. The van der Waals surface area contributed by atoms with Gasteiger partial charge >= 0.3 is 0 Å². The minimum atomic E-state index is -0.230.